The Morgan fingerprint density at radius 1 is 1.38 bits per heavy atom. The van der Waals surface area contributed by atoms with Crippen molar-refractivity contribution in [2.75, 3.05) is 0 Å². The van der Waals surface area contributed by atoms with Crippen molar-refractivity contribution in [3.8, 4) is 0 Å². The predicted molar refractivity (Wildman–Crippen MR) is 44.0 cm³/mol. The molecule has 1 rings (SSSR count). The summed E-state index contributed by atoms with van der Waals surface area (Å²) in [6.07, 6.45) is 4.57. The van der Waals surface area contributed by atoms with Gasteiger partial charge in [0.25, 0.3) is 0 Å². The average molecular weight is 223 g/mol. The van der Waals surface area contributed by atoms with E-state index in [1.54, 1.807) is 0 Å². The third-order valence-corrected chi connectivity index (χ3v) is 2.76. The molecule has 1 saturated carbocycles. The summed E-state index contributed by atoms with van der Waals surface area (Å²) in [7, 11) is 0. The van der Waals surface area contributed by atoms with Crippen molar-refractivity contribution in [3.63, 3.8) is 0 Å². The number of nitrogens with one attached hydrogen (secondary N) is 1. The minimum absolute atomic E-state index is 0.849. The van der Waals surface area contributed by atoms with Crippen LogP contribution in [0.1, 0.15) is 25.7 Å². The normalized spacial score (nSPS) is 30.6. The number of rotatable bonds is 0. The van der Waals surface area contributed by atoms with E-state index in [2.05, 4.69) is 22.6 Å². The van der Waals surface area contributed by atoms with Crippen LogP contribution in [0.2, 0.25) is 0 Å². The van der Waals surface area contributed by atoms with Crippen molar-refractivity contribution in [2.45, 2.75) is 29.6 Å². The van der Waals surface area contributed by atoms with E-state index in [0.29, 0.717) is 0 Å². The largest absolute Gasteiger partial charge is 0.310 e. The molecular weight excluding hydrogens is 213 g/mol. The van der Waals surface area contributed by atoms with Gasteiger partial charge in [-0.3, -0.25) is 0 Å². The van der Waals surface area contributed by atoms with Crippen LogP contribution in [0, 0.1) is 5.41 Å². The summed E-state index contributed by atoms with van der Waals surface area (Å²) in [5.74, 6) is 0. The molecule has 2 heteroatoms. The van der Waals surface area contributed by atoms with Gasteiger partial charge < -0.3 is 5.41 Å². The molecule has 0 atom stereocenters. The zero-order valence-electron chi connectivity index (χ0n) is 4.78. The predicted octanol–water partition coefficient (Wildman–Crippen LogP) is 2.38. The maximum Gasteiger partial charge on any atom is 0.0117 e. The zero-order valence-corrected chi connectivity index (χ0v) is 6.94. The van der Waals surface area contributed by atoms with Gasteiger partial charge in [-0.15, -0.1) is 0 Å². The highest BCUT2D eigenvalue weighted by atomic mass is 127. The van der Waals surface area contributed by atoms with Crippen molar-refractivity contribution in [1.82, 2.24) is 0 Å². The molecular formula is C6H10IN. The molecule has 1 fully saturated rings. The summed E-state index contributed by atoms with van der Waals surface area (Å²) in [4.78, 5) is 0. The lowest BCUT2D eigenvalue weighted by Crippen LogP contribution is -2.11. The average Bonchev–Trinajstić information content (AvgIpc) is 1.77. The van der Waals surface area contributed by atoms with Crippen molar-refractivity contribution in [2.24, 2.45) is 0 Å². The fourth-order valence-corrected chi connectivity index (χ4v) is 1.55. The zero-order chi connectivity index (χ0) is 5.98. The summed E-state index contributed by atoms with van der Waals surface area (Å²) >= 11 is 2.47. The molecule has 0 aromatic heterocycles. The highest BCUT2D eigenvalue weighted by Crippen LogP contribution is 2.21. The number of alkyl halides is 1. The molecule has 0 spiro atoms. The molecule has 1 nitrogen and oxygen atoms in total. The van der Waals surface area contributed by atoms with Crippen LogP contribution in [0.25, 0.3) is 0 Å². The minimum Gasteiger partial charge on any atom is -0.310 e. The summed E-state index contributed by atoms with van der Waals surface area (Å²) in [6, 6.07) is 0. The monoisotopic (exact) mass is 223 g/mol. The molecule has 0 heterocycles. The Morgan fingerprint density at radius 3 is 2.25 bits per heavy atom. The van der Waals surface area contributed by atoms with Crippen LogP contribution in [0.4, 0.5) is 0 Å². The van der Waals surface area contributed by atoms with Crippen LogP contribution in [-0.4, -0.2) is 9.64 Å². The second-order valence-corrected chi connectivity index (χ2v) is 4.04. The second-order valence-electron chi connectivity index (χ2n) is 2.28. The fraction of sp³-hybridized carbons (Fsp3) is 0.833. The van der Waals surface area contributed by atoms with Crippen molar-refractivity contribution < 1.29 is 0 Å². The van der Waals surface area contributed by atoms with Gasteiger partial charge in [-0.1, -0.05) is 22.6 Å². The van der Waals surface area contributed by atoms with Gasteiger partial charge >= 0.3 is 0 Å². The molecule has 0 unspecified atom stereocenters. The third-order valence-electron chi connectivity index (χ3n) is 1.52. The maximum absolute atomic E-state index is 7.28. The van der Waals surface area contributed by atoms with Crippen LogP contribution in [-0.2, 0) is 0 Å². The molecule has 1 N–H and O–H groups in total. The second kappa shape index (κ2) is 2.80. The maximum atomic E-state index is 7.28. The first-order chi connectivity index (χ1) is 3.79. The van der Waals surface area contributed by atoms with E-state index in [1.165, 1.54) is 12.8 Å². The summed E-state index contributed by atoms with van der Waals surface area (Å²) in [5, 5.41) is 7.28. The molecule has 0 radical (unpaired) electrons. The molecule has 0 aromatic rings. The van der Waals surface area contributed by atoms with Crippen molar-refractivity contribution in [1.29, 1.82) is 5.41 Å². The van der Waals surface area contributed by atoms with E-state index >= 15 is 0 Å². The van der Waals surface area contributed by atoms with Gasteiger partial charge in [-0.2, -0.15) is 0 Å². The highest BCUT2D eigenvalue weighted by molar-refractivity contribution is 14.1. The van der Waals surface area contributed by atoms with Crippen LogP contribution in [0.15, 0.2) is 0 Å². The topological polar surface area (TPSA) is 23.9 Å². The molecule has 0 amide bonds. The standard InChI is InChI=1S/C6H10IN/c7-5-1-3-6(8)4-2-5/h5,8H,1-4H2. The summed E-state index contributed by atoms with van der Waals surface area (Å²) < 4.78 is 0.849. The molecule has 1 aliphatic carbocycles. The number of hydrogen-bond acceptors (Lipinski definition) is 1. The lowest BCUT2D eigenvalue weighted by molar-refractivity contribution is 0.701. The fourth-order valence-electron chi connectivity index (χ4n) is 0.931. The summed E-state index contributed by atoms with van der Waals surface area (Å²) in [5.41, 5.74) is 0.956. The van der Waals surface area contributed by atoms with Crippen LogP contribution >= 0.6 is 22.6 Å². The Balaban J connectivity index is 2.29. The number of hydrogen-bond donors (Lipinski definition) is 1. The van der Waals surface area contributed by atoms with Crippen molar-refractivity contribution in [3.05, 3.63) is 0 Å². The Morgan fingerprint density at radius 2 is 1.88 bits per heavy atom. The van der Waals surface area contributed by atoms with Gasteiger partial charge in [0.2, 0.25) is 0 Å². The quantitative estimate of drug-likeness (QED) is 0.481. The first kappa shape index (κ1) is 6.52. The van der Waals surface area contributed by atoms with Gasteiger partial charge in [0.1, 0.15) is 0 Å². The van der Waals surface area contributed by atoms with Crippen LogP contribution in [0.3, 0.4) is 0 Å². The van der Waals surface area contributed by atoms with E-state index in [0.717, 1.165) is 22.5 Å². The van der Waals surface area contributed by atoms with Gasteiger partial charge in [0, 0.05) is 9.64 Å². The van der Waals surface area contributed by atoms with Gasteiger partial charge in [-0.25, -0.2) is 0 Å². The van der Waals surface area contributed by atoms with E-state index in [-0.39, 0.29) is 0 Å². The Hall–Kier alpha value is 0.400. The molecule has 0 saturated heterocycles. The number of halogens is 1. The van der Waals surface area contributed by atoms with Gasteiger partial charge in [0.05, 0.1) is 0 Å². The lowest BCUT2D eigenvalue weighted by Gasteiger charge is -2.15. The minimum atomic E-state index is 0.849. The lowest BCUT2D eigenvalue weighted by atomic mass is 9.99. The highest BCUT2D eigenvalue weighted by Gasteiger charge is 2.12. The van der Waals surface area contributed by atoms with Crippen molar-refractivity contribution >= 4 is 28.3 Å². The van der Waals surface area contributed by atoms with Gasteiger partial charge in [0.15, 0.2) is 0 Å². The Labute approximate surface area is 63.5 Å². The SMILES string of the molecule is N=C1CCC(I)CC1. The van der Waals surface area contributed by atoms with E-state index in [4.69, 9.17) is 5.41 Å². The Kier molecular flexibility index (Phi) is 2.28. The molecule has 46 valence electrons. The van der Waals surface area contributed by atoms with E-state index in [1.807, 2.05) is 0 Å². The van der Waals surface area contributed by atoms with E-state index in [9.17, 15) is 0 Å². The smallest absolute Gasteiger partial charge is 0.0117 e. The Bertz CT molecular complexity index is 90.7. The van der Waals surface area contributed by atoms with Gasteiger partial charge in [-0.05, 0) is 25.7 Å². The van der Waals surface area contributed by atoms with Crippen LogP contribution < -0.4 is 0 Å². The summed E-state index contributed by atoms with van der Waals surface area (Å²) in [6.45, 7) is 0. The molecule has 0 aromatic carbocycles. The molecule has 0 aliphatic heterocycles. The molecule has 1 aliphatic rings. The first-order valence-electron chi connectivity index (χ1n) is 2.99. The van der Waals surface area contributed by atoms with E-state index < -0.39 is 0 Å². The van der Waals surface area contributed by atoms with Crippen LogP contribution in [0.5, 0.6) is 0 Å². The molecule has 0 bridgehead atoms. The molecule has 8 heavy (non-hydrogen) atoms. The third kappa shape index (κ3) is 1.73. The first-order valence-corrected chi connectivity index (χ1v) is 4.24.